The Labute approximate surface area is 122 Å². The lowest BCUT2D eigenvalue weighted by molar-refractivity contribution is -0.137. The number of hydrogen-bond acceptors (Lipinski definition) is 2. The summed E-state index contributed by atoms with van der Waals surface area (Å²) < 4.78 is 0. The van der Waals surface area contributed by atoms with Crippen LogP contribution < -0.4 is 10.6 Å². The standard InChI is InChI=1S/C15H30N2O3/c1-5-7-8-12(6-2)11-16-14(20)17-15(3,4)10-9-13(18)19/h12H,5-11H2,1-4H3,(H,18,19)(H2,16,17,20). The Balaban J connectivity index is 4.04. The van der Waals surface area contributed by atoms with Gasteiger partial charge in [0, 0.05) is 18.5 Å². The molecule has 5 heteroatoms. The number of carboxylic acid groups (broad SMARTS) is 1. The van der Waals surface area contributed by atoms with Crippen molar-refractivity contribution in [1.82, 2.24) is 10.6 Å². The number of aliphatic carboxylic acids is 1. The van der Waals surface area contributed by atoms with Crippen LogP contribution in [0.3, 0.4) is 0 Å². The zero-order chi connectivity index (χ0) is 15.6. The lowest BCUT2D eigenvalue weighted by atomic mass is 9.98. The monoisotopic (exact) mass is 286 g/mol. The molecule has 1 unspecified atom stereocenters. The average molecular weight is 286 g/mol. The van der Waals surface area contributed by atoms with Gasteiger partial charge in [-0.2, -0.15) is 0 Å². The Morgan fingerprint density at radius 2 is 1.90 bits per heavy atom. The highest BCUT2D eigenvalue weighted by Crippen LogP contribution is 2.12. The van der Waals surface area contributed by atoms with Gasteiger partial charge in [0.1, 0.15) is 0 Å². The Hall–Kier alpha value is -1.26. The van der Waals surface area contributed by atoms with Gasteiger partial charge in [-0.3, -0.25) is 4.79 Å². The molecule has 0 heterocycles. The molecule has 0 rings (SSSR count). The van der Waals surface area contributed by atoms with Crippen molar-refractivity contribution in [3.05, 3.63) is 0 Å². The van der Waals surface area contributed by atoms with Gasteiger partial charge in [-0.25, -0.2) is 4.79 Å². The number of urea groups is 1. The van der Waals surface area contributed by atoms with Crippen LogP contribution >= 0.6 is 0 Å². The molecule has 0 aromatic rings. The second kappa shape index (κ2) is 9.61. The summed E-state index contributed by atoms with van der Waals surface area (Å²) in [6, 6.07) is -0.213. The van der Waals surface area contributed by atoms with Crippen LogP contribution in [0.2, 0.25) is 0 Å². The van der Waals surface area contributed by atoms with Gasteiger partial charge in [-0.05, 0) is 32.6 Å². The minimum atomic E-state index is -0.842. The lowest BCUT2D eigenvalue weighted by Crippen LogP contribution is -2.49. The van der Waals surface area contributed by atoms with Gasteiger partial charge in [0.15, 0.2) is 0 Å². The van der Waals surface area contributed by atoms with Crippen molar-refractivity contribution in [2.24, 2.45) is 5.92 Å². The fourth-order valence-electron chi connectivity index (χ4n) is 2.01. The lowest BCUT2D eigenvalue weighted by Gasteiger charge is -2.26. The second-order valence-electron chi connectivity index (χ2n) is 6.03. The first-order valence-corrected chi connectivity index (χ1v) is 7.58. The van der Waals surface area contributed by atoms with E-state index in [4.69, 9.17) is 5.11 Å². The van der Waals surface area contributed by atoms with E-state index in [2.05, 4.69) is 24.5 Å². The van der Waals surface area contributed by atoms with Gasteiger partial charge in [0.2, 0.25) is 0 Å². The zero-order valence-corrected chi connectivity index (χ0v) is 13.3. The fourth-order valence-corrected chi connectivity index (χ4v) is 2.01. The van der Waals surface area contributed by atoms with Crippen LogP contribution in [-0.2, 0) is 4.79 Å². The number of carbonyl (C=O) groups is 2. The van der Waals surface area contributed by atoms with Gasteiger partial charge in [0.25, 0.3) is 0 Å². The number of unbranched alkanes of at least 4 members (excludes halogenated alkanes) is 1. The molecule has 0 saturated heterocycles. The molecule has 0 fully saturated rings. The molecule has 0 radical (unpaired) electrons. The van der Waals surface area contributed by atoms with E-state index in [-0.39, 0.29) is 12.5 Å². The maximum atomic E-state index is 11.8. The Bertz CT molecular complexity index is 303. The summed E-state index contributed by atoms with van der Waals surface area (Å²) in [5.74, 6) is -0.325. The van der Waals surface area contributed by atoms with Crippen molar-refractivity contribution in [3.63, 3.8) is 0 Å². The number of carbonyl (C=O) groups excluding carboxylic acids is 1. The summed E-state index contributed by atoms with van der Waals surface area (Å²) in [6.07, 6.45) is 5.03. The molecule has 0 aliphatic carbocycles. The summed E-state index contributed by atoms with van der Waals surface area (Å²) in [7, 11) is 0. The van der Waals surface area contributed by atoms with E-state index in [1.165, 1.54) is 12.8 Å². The molecule has 0 aromatic heterocycles. The van der Waals surface area contributed by atoms with E-state index < -0.39 is 11.5 Å². The minimum Gasteiger partial charge on any atom is -0.481 e. The average Bonchev–Trinajstić information content (AvgIpc) is 2.36. The molecule has 0 bridgehead atoms. The number of amides is 2. The van der Waals surface area contributed by atoms with Crippen LogP contribution in [0.1, 0.15) is 66.2 Å². The summed E-state index contributed by atoms with van der Waals surface area (Å²) in [4.78, 5) is 22.4. The number of hydrogen-bond donors (Lipinski definition) is 3. The van der Waals surface area contributed by atoms with Crippen LogP contribution in [0, 0.1) is 5.92 Å². The van der Waals surface area contributed by atoms with E-state index in [9.17, 15) is 9.59 Å². The first-order valence-electron chi connectivity index (χ1n) is 7.58. The van der Waals surface area contributed by atoms with Gasteiger partial charge in [-0.1, -0.05) is 33.1 Å². The zero-order valence-electron chi connectivity index (χ0n) is 13.3. The van der Waals surface area contributed by atoms with Crippen molar-refractivity contribution < 1.29 is 14.7 Å². The maximum Gasteiger partial charge on any atom is 0.315 e. The highest BCUT2D eigenvalue weighted by Gasteiger charge is 2.21. The van der Waals surface area contributed by atoms with Crippen molar-refractivity contribution in [2.75, 3.05) is 6.54 Å². The Kier molecular flexibility index (Phi) is 9.01. The second-order valence-corrected chi connectivity index (χ2v) is 6.03. The molecule has 3 N–H and O–H groups in total. The van der Waals surface area contributed by atoms with Gasteiger partial charge < -0.3 is 15.7 Å². The van der Waals surface area contributed by atoms with E-state index in [1.54, 1.807) is 0 Å². The highest BCUT2D eigenvalue weighted by molar-refractivity contribution is 5.74. The van der Waals surface area contributed by atoms with Crippen molar-refractivity contribution in [2.45, 2.75) is 71.8 Å². The largest absolute Gasteiger partial charge is 0.481 e. The Morgan fingerprint density at radius 1 is 1.25 bits per heavy atom. The third-order valence-electron chi connectivity index (χ3n) is 3.51. The predicted octanol–water partition coefficient (Wildman–Crippen LogP) is 3.15. The molecular formula is C15H30N2O3. The van der Waals surface area contributed by atoms with Crippen molar-refractivity contribution >= 4 is 12.0 Å². The minimum absolute atomic E-state index is 0.0569. The van der Waals surface area contributed by atoms with E-state index in [1.807, 2.05) is 13.8 Å². The fraction of sp³-hybridized carbons (Fsp3) is 0.867. The molecule has 118 valence electrons. The Morgan fingerprint density at radius 3 is 2.40 bits per heavy atom. The molecule has 20 heavy (non-hydrogen) atoms. The molecule has 0 saturated carbocycles. The molecule has 2 amide bonds. The van der Waals surface area contributed by atoms with Crippen LogP contribution in [0.15, 0.2) is 0 Å². The summed E-state index contributed by atoms with van der Waals surface area (Å²) in [5.41, 5.74) is -0.506. The SMILES string of the molecule is CCCCC(CC)CNC(=O)NC(C)(C)CCC(=O)O. The van der Waals surface area contributed by atoms with Crippen LogP contribution in [0.4, 0.5) is 4.79 Å². The van der Waals surface area contributed by atoms with E-state index in [0.29, 0.717) is 18.9 Å². The number of nitrogens with one attached hydrogen (secondary N) is 2. The van der Waals surface area contributed by atoms with Gasteiger partial charge in [0.05, 0.1) is 0 Å². The van der Waals surface area contributed by atoms with Crippen molar-refractivity contribution in [3.8, 4) is 0 Å². The third kappa shape index (κ3) is 9.64. The quantitative estimate of drug-likeness (QED) is 0.577. The summed E-state index contributed by atoms with van der Waals surface area (Å²) in [6.45, 7) is 8.65. The summed E-state index contributed by atoms with van der Waals surface area (Å²) >= 11 is 0. The molecule has 0 aliphatic heterocycles. The number of carboxylic acids is 1. The third-order valence-corrected chi connectivity index (χ3v) is 3.51. The maximum absolute atomic E-state index is 11.8. The molecule has 0 spiro atoms. The molecule has 0 aromatic carbocycles. The topological polar surface area (TPSA) is 78.4 Å². The van der Waals surface area contributed by atoms with Gasteiger partial charge >= 0.3 is 12.0 Å². The normalized spacial score (nSPS) is 12.8. The van der Waals surface area contributed by atoms with Crippen LogP contribution in [0.25, 0.3) is 0 Å². The van der Waals surface area contributed by atoms with E-state index in [0.717, 1.165) is 12.8 Å². The molecule has 5 nitrogen and oxygen atoms in total. The highest BCUT2D eigenvalue weighted by atomic mass is 16.4. The smallest absolute Gasteiger partial charge is 0.315 e. The van der Waals surface area contributed by atoms with Crippen LogP contribution in [0.5, 0.6) is 0 Å². The molecular weight excluding hydrogens is 256 g/mol. The summed E-state index contributed by atoms with van der Waals surface area (Å²) in [5, 5.41) is 14.4. The molecule has 0 aliphatic rings. The van der Waals surface area contributed by atoms with Crippen molar-refractivity contribution in [1.29, 1.82) is 0 Å². The molecule has 1 atom stereocenters. The predicted molar refractivity (Wildman–Crippen MR) is 80.8 cm³/mol. The number of rotatable bonds is 10. The van der Waals surface area contributed by atoms with Gasteiger partial charge in [-0.15, -0.1) is 0 Å². The van der Waals surface area contributed by atoms with Crippen LogP contribution in [-0.4, -0.2) is 29.2 Å². The van der Waals surface area contributed by atoms with E-state index >= 15 is 0 Å². The first kappa shape index (κ1) is 18.7. The first-order chi connectivity index (χ1) is 9.30.